The molecule has 190 valence electrons. The lowest BCUT2D eigenvalue weighted by Gasteiger charge is -2.23. The van der Waals surface area contributed by atoms with Crippen LogP contribution in [0, 0.1) is 6.92 Å². The van der Waals surface area contributed by atoms with Gasteiger partial charge < -0.3 is 5.32 Å². The Morgan fingerprint density at radius 3 is 2.76 bits per heavy atom. The molecule has 1 N–H and O–H groups in total. The minimum Gasteiger partial charge on any atom is -0.377 e. The number of rotatable bonds is 4. The van der Waals surface area contributed by atoms with E-state index in [2.05, 4.69) is 34.6 Å². The Bertz CT molecular complexity index is 1970. The third-order valence-electron chi connectivity index (χ3n) is 7.60. The predicted molar refractivity (Wildman–Crippen MR) is 152 cm³/mol. The Kier molecular flexibility index (Phi) is 5.10. The van der Waals surface area contributed by atoms with E-state index < -0.39 is 0 Å². The molecule has 9 heteroatoms. The summed E-state index contributed by atoms with van der Waals surface area (Å²) in [6.45, 7) is 5.70. The first kappa shape index (κ1) is 23.0. The monoisotopic (exact) mass is 523 g/mol. The zero-order valence-corrected chi connectivity index (χ0v) is 22.1. The number of fused-ring (bicyclic) bond motifs is 3. The Balaban J connectivity index is 1.38. The lowest BCUT2D eigenvalue weighted by Crippen LogP contribution is -2.27. The number of nitrogens with zero attached hydrogens (tertiary/aromatic N) is 6. The van der Waals surface area contributed by atoms with E-state index in [1.54, 1.807) is 6.07 Å². The third kappa shape index (κ3) is 3.44. The molecule has 0 saturated heterocycles. The van der Waals surface area contributed by atoms with Gasteiger partial charge in [-0.3, -0.25) is 14.0 Å². The van der Waals surface area contributed by atoms with Gasteiger partial charge in [-0.2, -0.15) is 10.2 Å². The van der Waals surface area contributed by atoms with Gasteiger partial charge in [0.2, 0.25) is 0 Å². The van der Waals surface area contributed by atoms with Gasteiger partial charge in [-0.05, 0) is 61.7 Å². The highest BCUT2D eigenvalue weighted by Crippen LogP contribution is 2.36. The number of hydrogen-bond acceptors (Lipinski definition) is 5. The number of anilines is 1. The van der Waals surface area contributed by atoms with E-state index in [1.807, 2.05) is 64.6 Å². The first-order chi connectivity index (χ1) is 18.4. The molecule has 0 aliphatic carbocycles. The molecule has 1 aliphatic heterocycles. The molecular formula is C29H26ClN7O. The third-order valence-corrected chi connectivity index (χ3v) is 7.81. The fourth-order valence-corrected chi connectivity index (χ4v) is 6.00. The summed E-state index contributed by atoms with van der Waals surface area (Å²) in [5.74, 6) is 0. The highest BCUT2D eigenvalue weighted by molar-refractivity contribution is 6.29. The summed E-state index contributed by atoms with van der Waals surface area (Å²) in [6, 6.07) is 14.0. The lowest BCUT2D eigenvalue weighted by molar-refractivity contribution is 0.485. The van der Waals surface area contributed by atoms with Crippen LogP contribution in [0.25, 0.3) is 44.0 Å². The maximum Gasteiger partial charge on any atom is 0.260 e. The van der Waals surface area contributed by atoms with E-state index >= 15 is 0 Å². The van der Waals surface area contributed by atoms with Crippen molar-refractivity contribution in [3.05, 3.63) is 81.5 Å². The second-order valence-corrected chi connectivity index (χ2v) is 10.5. The van der Waals surface area contributed by atoms with Crippen molar-refractivity contribution in [3.63, 3.8) is 0 Å². The first-order valence-corrected chi connectivity index (χ1v) is 13.1. The smallest absolute Gasteiger partial charge is 0.260 e. The molecule has 1 unspecified atom stereocenters. The van der Waals surface area contributed by atoms with Gasteiger partial charge in [0, 0.05) is 53.3 Å². The summed E-state index contributed by atoms with van der Waals surface area (Å²) in [5, 5.41) is 16.8. The summed E-state index contributed by atoms with van der Waals surface area (Å²) >= 11 is 6.36. The lowest BCUT2D eigenvalue weighted by atomic mass is 9.95. The number of aryl methyl sites for hydroxylation is 4. The highest BCUT2D eigenvalue weighted by Gasteiger charge is 2.23. The molecule has 1 aliphatic rings. The first-order valence-electron chi connectivity index (χ1n) is 12.8. The van der Waals surface area contributed by atoms with Crippen molar-refractivity contribution in [2.45, 2.75) is 39.4 Å². The van der Waals surface area contributed by atoms with Gasteiger partial charge in [-0.15, -0.1) is 0 Å². The van der Waals surface area contributed by atoms with Crippen molar-refractivity contribution in [3.8, 4) is 11.3 Å². The Hall–Kier alpha value is -4.17. The van der Waals surface area contributed by atoms with Crippen LogP contribution < -0.4 is 10.9 Å². The standard InChI is InChI=1S/C29H26ClN7O/c1-16-11-20(26-21(12-16)29(38)36-9-4-10-37-28(36)22(26)15-32-37)17(2)33-23-6-8-25(30)34-27(23)18-5-7-24-19(13-18)14-31-35(24)3/h5-8,11-15,17,33H,4,9-10H2,1-3H3. The zero-order valence-electron chi connectivity index (χ0n) is 21.4. The number of pyridine rings is 2. The second kappa shape index (κ2) is 8.43. The largest absolute Gasteiger partial charge is 0.377 e. The van der Waals surface area contributed by atoms with Crippen molar-refractivity contribution in [2.75, 3.05) is 5.32 Å². The molecule has 2 aromatic carbocycles. The van der Waals surface area contributed by atoms with Crippen LogP contribution in [-0.4, -0.2) is 29.1 Å². The molecule has 0 bridgehead atoms. The number of hydrogen-bond donors (Lipinski definition) is 1. The fraction of sp³-hybridized carbons (Fsp3) is 0.241. The summed E-state index contributed by atoms with van der Waals surface area (Å²) in [4.78, 5) is 18.3. The second-order valence-electron chi connectivity index (χ2n) is 10.1. The molecular weight excluding hydrogens is 498 g/mol. The van der Waals surface area contributed by atoms with E-state index in [4.69, 9.17) is 16.6 Å². The number of halogens is 1. The molecule has 0 spiro atoms. The zero-order chi connectivity index (χ0) is 26.1. The van der Waals surface area contributed by atoms with E-state index in [-0.39, 0.29) is 11.6 Å². The van der Waals surface area contributed by atoms with Crippen molar-refractivity contribution in [1.82, 2.24) is 29.1 Å². The van der Waals surface area contributed by atoms with E-state index in [9.17, 15) is 4.79 Å². The fourth-order valence-electron chi connectivity index (χ4n) is 5.85. The van der Waals surface area contributed by atoms with Crippen LogP contribution in [0.1, 0.15) is 30.5 Å². The van der Waals surface area contributed by atoms with Gasteiger partial charge in [0.15, 0.2) is 0 Å². The normalized spacial score (nSPS) is 14.0. The molecule has 8 nitrogen and oxygen atoms in total. The number of benzene rings is 2. The maximum absolute atomic E-state index is 13.6. The van der Waals surface area contributed by atoms with Crippen LogP contribution in [0.4, 0.5) is 5.69 Å². The van der Waals surface area contributed by atoms with Gasteiger partial charge in [-0.25, -0.2) is 9.67 Å². The minimum atomic E-state index is -0.119. The summed E-state index contributed by atoms with van der Waals surface area (Å²) < 4.78 is 5.69. The van der Waals surface area contributed by atoms with Crippen LogP contribution in [0.2, 0.25) is 5.15 Å². The summed E-state index contributed by atoms with van der Waals surface area (Å²) in [7, 11) is 1.93. The van der Waals surface area contributed by atoms with Crippen molar-refractivity contribution in [2.24, 2.45) is 7.05 Å². The van der Waals surface area contributed by atoms with Crippen LogP contribution in [0.5, 0.6) is 0 Å². The van der Waals surface area contributed by atoms with Gasteiger partial charge in [0.25, 0.3) is 5.56 Å². The molecule has 38 heavy (non-hydrogen) atoms. The Morgan fingerprint density at radius 2 is 1.89 bits per heavy atom. The van der Waals surface area contributed by atoms with E-state index in [1.165, 1.54) is 0 Å². The Labute approximate surface area is 223 Å². The van der Waals surface area contributed by atoms with Crippen LogP contribution in [0.15, 0.2) is 59.7 Å². The van der Waals surface area contributed by atoms with Gasteiger partial charge in [0.1, 0.15) is 10.8 Å². The molecule has 0 radical (unpaired) electrons. The van der Waals surface area contributed by atoms with Gasteiger partial charge in [-0.1, -0.05) is 23.7 Å². The van der Waals surface area contributed by atoms with Crippen molar-refractivity contribution >= 4 is 50.0 Å². The van der Waals surface area contributed by atoms with Crippen molar-refractivity contribution < 1.29 is 0 Å². The maximum atomic E-state index is 13.6. The van der Waals surface area contributed by atoms with E-state index in [0.717, 1.165) is 80.3 Å². The molecule has 7 rings (SSSR count). The number of nitrogens with one attached hydrogen (secondary N) is 1. The molecule has 6 aromatic rings. The quantitative estimate of drug-likeness (QED) is 0.294. The highest BCUT2D eigenvalue weighted by atomic mass is 35.5. The summed E-state index contributed by atoms with van der Waals surface area (Å²) in [6.07, 6.45) is 4.66. The predicted octanol–water partition coefficient (Wildman–Crippen LogP) is 5.84. The van der Waals surface area contributed by atoms with Gasteiger partial charge >= 0.3 is 0 Å². The molecule has 0 saturated carbocycles. The molecule has 5 heterocycles. The Morgan fingerprint density at radius 1 is 1.03 bits per heavy atom. The molecule has 0 fully saturated rings. The average molecular weight is 524 g/mol. The minimum absolute atomic E-state index is 0.0460. The van der Waals surface area contributed by atoms with Crippen molar-refractivity contribution in [1.29, 1.82) is 0 Å². The average Bonchev–Trinajstić information content (AvgIpc) is 3.51. The molecule has 1 atom stereocenters. The molecule has 4 aromatic heterocycles. The summed E-state index contributed by atoms with van der Waals surface area (Å²) in [5.41, 5.74) is 6.68. The van der Waals surface area contributed by atoms with Crippen LogP contribution in [-0.2, 0) is 20.1 Å². The molecule has 0 amide bonds. The number of aromatic nitrogens is 6. The van der Waals surface area contributed by atoms with E-state index in [0.29, 0.717) is 5.15 Å². The van der Waals surface area contributed by atoms with Crippen LogP contribution >= 0.6 is 11.6 Å². The SMILES string of the molecule is Cc1cc(C(C)Nc2ccc(Cl)nc2-c2ccc3c(cnn3C)c2)c2c(c1)c(=O)n1c3c2cnn3CCC1. The van der Waals surface area contributed by atoms with Gasteiger partial charge in [0.05, 0.1) is 29.3 Å². The van der Waals surface area contributed by atoms with Crippen LogP contribution in [0.3, 0.4) is 0 Å². The topological polar surface area (TPSA) is 82.6 Å².